The normalized spacial score (nSPS) is 33.9. The van der Waals surface area contributed by atoms with Crippen LogP contribution in [0.25, 0.3) is 0 Å². The summed E-state index contributed by atoms with van der Waals surface area (Å²) in [5.41, 5.74) is 0. The molecular weight excluding hydrogens is 358 g/mol. The van der Waals surface area contributed by atoms with Crippen LogP contribution in [0.15, 0.2) is 12.3 Å². The quantitative estimate of drug-likeness (QED) is 0.798. The van der Waals surface area contributed by atoms with Crippen LogP contribution in [0.2, 0.25) is 0 Å². The van der Waals surface area contributed by atoms with E-state index < -0.39 is 0 Å². The second-order valence-corrected chi connectivity index (χ2v) is 10.0. The van der Waals surface area contributed by atoms with Gasteiger partial charge in [0, 0.05) is 44.5 Å². The number of likely N-dealkylation sites (tertiary alicyclic amines) is 1. The molecule has 29 heavy (non-hydrogen) atoms. The van der Waals surface area contributed by atoms with E-state index in [9.17, 15) is 0 Å². The van der Waals surface area contributed by atoms with Gasteiger partial charge in [0.15, 0.2) is 0 Å². The number of nitrogens with zero attached hydrogens (tertiary/aromatic N) is 4. The fourth-order valence-electron chi connectivity index (χ4n) is 6.49. The van der Waals surface area contributed by atoms with Crippen molar-refractivity contribution < 1.29 is 0 Å². The number of nitrogens with one attached hydrogen (secondary N) is 1. The molecule has 4 unspecified atom stereocenters. The van der Waals surface area contributed by atoms with Gasteiger partial charge in [0.25, 0.3) is 0 Å². The van der Waals surface area contributed by atoms with Crippen molar-refractivity contribution in [1.82, 2.24) is 14.9 Å². The Morgan fingerprint density at radius 3 is 2.52 bits per heavy atom. The minimum Gasteiger partial charge on any atom is -0.356 e. The van der Waals surface area contributed by atoms with E-state index >= 15 is 0 Å². The topological polar surface area (TPSA) is 44.3 Å². The highest BCUT2D eigenvalue weighted by Crippen LogP contribution is 2.42. The molecule has 2 aliphatic carbocycles. The third-order valence-electron chi connectivity index (χ3n) is 8.15. The average Bonchev–Trinajstić information content (AvgIpc) is 3.05. The lowest BCUT2D eigenvalue weighted by molar-refractivity contribution is 0.0873. The Bertz CT molecular complexity index is 656. The van der Waals surface area contributed by atoms with Crippen molar-refractivity contribution in [3.05, 3.63) is 12.3 Å². The van der Waals surface area contributed by atoms with E-state index in [1.54, 1.807) is 0 Å². The van der Waals surface area contributed by atoms with Crippen LogP contribution in [0.5, 0.6) is 0 Å². The molecule has 1 aromatic rings. The summed E-state index contributed by atoms with van der Waals surface area (Å²) in [6.45, 7) is 4.68. The molecule has 0 radical (unpaired) electrons. The minimum atomic E-state index is 0.499. The molecule has 5 nitrogen and oxygen atoms in total. The zero-order valence-electron chi connectivity index (χ0n) is 18.1. The van der Waals surface area contributed by atoms with Crippen molar-refractivity contribution in [3.8, 4) is 0 Å². The largest absolute Gasteiger partial charge is 0.356 e. The molecule has 2 saturated heterocycles. The zero-order chi connectivity index (χ0) is 19.5. The molecule has 5 heteroatoms. The van der Waals surface area contributed by atoms with E-state index in [2.05, 4.69) is 26.2 Å². The molecule has 4 aliphatic rings. The molecule has 5 rings (SSSR count). The first-order chi connectivity index (χ1) is 14.3. The van der Waals surface area contributed by atoms with Crippen molar-refractivity contribution in [1.29, 1.82) is 0 Å². The highest BCUT2D eigenvalue weighted by molar-refractivity contribution is 5.43. The molecule has 1 aromatic heterocycles. The van der Waals surface area contributed by atoms with E-state index in [4.69, 9.17) is 4.98 Å². The van der Waals surface area contributed by atoms with Gasteiger partial charge in [-0.25, -0.2) is 4.98 Å². The fraction of sp³-hybridized carbons (Fsp3) is 0.833. The van der Waals surface area contributed by atoms with Crippen LogP contribution in [0, 0.1) is 11.8 Å². The predicted octanol–water partition coefficient (Wildman–Crippen LogP) is 4.70. The maximum Gasteiger partial charge on any atom is 0.224 e. The van der Waals surface area contributed by atoms with Gasteiger partial charge in [-0.2, -0.15) is 4.98 Å². The van der Waals surface area contributed by atoms with Gasteiger partial charge in [0.1, 0.15) is 5.82 Å². The summed E-state index contributed by atoms with van der Waals surface area (Å²) in [6, 6.07) is 3.41. The molecular formula is C24H39N5. The first-order valence-electron chi connectivity index (χ1n) is 12.4. The molecule has 0 spiro atoms. The predicted molar refractivity (Wildman–Crippen MR) is 119 cm³/mol. The monoisotopic (exact) mass is 397 g/mol. The third kappa shape index (κ3) is 4.70. The highest BCUT2D eigenvalue weighted by atomic mass is 15.3. The number of hydrogen-bond acceptors (Lipinski definition) is 5. The van der Waals surface area contributed by atoms with Crippen LogP contribution in [0.1, 0.15) is 77.0 Å². The Labute approximate surface area is 176 Å². The molecule has 0 bridgehead atoms. The fourth-order valence-corrected chi connectivity index (χ4v) is 6.49. The van der Waals surface area contributed by atoms with E-state index in [1.807, 2.05) is 6.20 Å². The second kappa shape index (κ2) is 9.20. The van der Waals surface area contributed by atoms with Crippen LogP contribution >= 0.6 is 0 Å². The Hall–Kier alpha value is -1.36. The van der Waals surface area contributed by atoms with Crippen LogP contribution in [-0.4, -0.2) is 53.1 Å². The maximum absolute atomic E-state index is 4.88. The molecule has 4 fully saturated rings. The van der Waals surface area contributed by atoms with Crippen molar-refractivity contribution >= 4 is 11.8 Å². The van der Waals surface area contributed by atoms with Gasteiger partial charge >= 0.3 is 0 Å². The summed E-state index contributed by atoms with van der Waals surface area (Å²) in [5, 5.41) is 3.67. The van der Waals surface area contributed by atoms with Gasteiger partial charge in [-0.15, -0.1) is 0 Å². The van der Waals surface area contributed by atoms with Gasteiger partial charge < -0.3 is 10.2 Å². The highest BCUT2D eigenvalue weighted by Gasteiger charge is 2.36. The van der Waals surface area contributed by atoms with Crippen LogP contribution in [-0.2, 0) is 0 Å². The Balaban J connectivity index is 1.16. The van der Waals surface area contributed by atoms with Gasteiger partial charge in [-0.3, -0.25) is 4.90 Å². The number of hydrogen-bond donors (Lipinski definition) is 1. The number of rotatable bonds is 4. The molecule has 4 atom stereocenters. The molecule has 2 aliphatic heterocycles. The third-order valence-corrected chi connectivity index (χ3v) is 8.15. The molecule has 0 amide bonds. The molecule has 0 aromatic carbocycles. The van der Waals surface area contributed by atoms with E-state index in [1.165, 1.54) is 90.1 Å². The van der Waals surface area contributed by atoms with Crippen molar-refractivity contribution in [3.63, 3.8) is 0 Å². The van der Waals surface area contributed by atoms with Crippen molar-refractivity contribution in [2.75, 3.05) is 36.4 Å². The SMILES string of the molecule is c1cc(N2CCCCCC2)nc(NC2CCN(C3CCC4CCCCC4C3)C2)n1. The Morgan fingerprint density at radius 1 is 0.828 bits per heavy atom. The summed E-state index contributed by atoms with van der Waals surface area (Å²) >= 11 is 0. The molecule has 3 heterocycles. The Kier molecular flexibility index (Phi) is 6.21. The smallest absolute Gasteiger partial charge is 0.224 e. The van der Waals surface area contributed by atoms with E-state index in [-0.39, 0.29) is 0 Å². The number of anilines is 2. The summed E-state index contributed by atoms with van der Waals surface area (Å²) in [7, 11) is 0. The van der Waals surface area contributed by atoms with Crippen LogP contribution in [0.3, 0.4) is 0 Å². The maximum atomic E-state index is 4.88. The van der Waals surface area contributed by atoms with Gasteiger partial charge in [-0.1, -0.05) is 38.5 Å². The average molecular weight is 398 g/mol. The van der Waals surface area contributed by atoms with Crippen LogP contribution in [0.4, 0.5) is 11.8 Å². The van der Waals surface area contributed by atoms with Crippen LogP contribution < -0.4 is 10.2 Å². The minimum absolute atomic E-state index is 0.499. The van der Waals surface area contributed by atoms with Gasteiger partial charge in [-0.05, 0) is 56.4 Å². The van der Waals surface area contributed by atoms with Crippen molar-refractivity contribution in [2.45, 2.75) is 89.1 Å². The number of fused-ring (bicyclic) bond motifs is 1. The second-order valence-electron chi connectivity index (χ2n) is 10.0. The summed E-state index contributed by atoms with van der Waals surface area (Å²) in [4.78, 5) is 14.7. The first kappa shape index (κ1) is 19.6. The zero-order valence-corrected chi connectivity index (χ0v) is 18.1. The first-order valence-corrected chi connectivity index (χ1v) is 12.4. The molecule has 1 N–H and O–H groups in total. The lowest BCUT2D eigenvalue weighted by atomic mass is 9.69. The number of aromatic nitrogens is 2. The van der Waals surface area contributed by atoms with Gasteiger partial charge in [0.2, 0.25) is 5.95 Å². The standard InChI is InChI=1S/C24H39N5/c1-2-6-15-28(14-5-1)23-11-13-25-24(27-23)26-21-12-16-29(18-21)22-10-9-19-7-3-4-8-20(19)17-22/h11,13,19-22H,1-10,12,14-18H2,(H,25,26,27). The lowest BCUT2D eigenvalue weighted by Crippen LogP contribution is -2.41. The Morgan fingerprint density at radius 2 is 1.66 bits per heavy atom. The summed E-state index contributed by atoms with van der Waals surface area (Å²) in [6.07, 6.45) is 18.8. The van der Waals surface area contributed by atoms with Crippen molar-refractivity contribution in [2.24, 2.45) is 11.8 Å². The summed E-state index contributed by atoms with van der Waals surface area (Å²) < 4.78 is 0. The molecule has 2 saturated carbocycles. The van der Waals surface area contributed by atoms with E-state index in [0.29, 0.717) is 6.04 Å². The summed E-state index contributed by atoms with van der Waals surface area (Å²) in [5.74, 6) is 4.00. The van der Waals surface area contributed by atoms with E-state index in [0.717, 1.165) is 42.7 Å². The molecule has 160 valence electrons. The lowest BCUT2D eigenvalue weighted by Gasteiger charge is -2.42. The van der Waals surface area contributed by atoms with Gasteiger partial charge in [0.05, 0.1) is 0 Å².